The van der Waals surface area contributed by atoms with Gasteiger partial charge in [0.25, 0.3) is 21.8 Å². The summed E-state index contributed by atoms with van der Waals surface area (Å²) in [4.78, 5) is 28.0. The molecule has 0 radical (unpaired) electrons. The van der Waals surface area contributed by atoms with Crippen LogP contribution in [-0.4, -0.2) is 68.4 Å². The van der Waals surface area contributed by atoms with E-state index >= 15 is 0 Å². The van der Waals surface area contributed by atoms with Gasteiger partial charge in [-0.2, -0.15) is 0 Å². The molecule has 1 aliphatic rings. The smallest absolute Gasteiger partial charge is 0.289 e. The third-order valence-electron chi connectivity index (χ3n) is 4.31. The molecule has 2 amide bonds. The Morgan fingerprint density at radius 1 is 1.00 bits per heavy atom. The number of phenolic OH excluding ortho intramolecular Hbond substituents is 1. The highest BCUT2D eigenvalue weighted by Crippen LogP contribution is 2.20. The van der Waals surface area contributed by atoms with Crippen molar-refractivity contribution in [1.82, 2.24) is 14.5 Å². The Morgan fingerprint density at radius 3 is 2.19 bits per heavy atom. The molecule has 2 aromatic rings. The number of rotatable bonds is 4. The molecular formula is C17H19N3O6S. The van der Waals surface area contributed by atoms with Crippen molar-refractivity contribution in [3.63, 3.8) is 0 Å². The van der Waals surface area contributed by atoms with Crippen molar-refractivity contribution in [3.8, 4) is 5.75 Å². The van der Waals surface area contributed by atoms with Crippen LogP contribution in [0, 0.1) is 0 Å². The normalized spacial score (nSPS) is 15.0. The van der Waals surface area contributed by atoms with Crippen LogP contribution in [0.2, 0.25) is 0 Å². The summed E-state index contributed by atoms with van der Waals surface area (Å²) in [6, 6.07) is 8.82. The Bertz CT molecular complexity index is 961. The molecule has 2 N–H and O–H groups in total. The van der Waals surface area contributed by atoms with Crippen molar-refractivity contribution < 1.29 is 27.5 Å². The fraction of sp³-hybridized carbons (Fsp3) is 0.294. The molecule has 27 heavy (non-hydrogen) atoms. The third kappa shape index (κ3) is 3.81. The first-order valence-corrected chi connectivity index (χ1v) is 9.72. The molecule has 10 heteroatoms. The quantitative estimate of drug-likeness (QED) is 0.780. The molecule has 0 atom stereocenters. The Labute approximate surface area is 156 Å². The van der Waals surface area contributed by atoms with Crippen molar-refractivity contribution in [2.45, 2.75) is 5.09 Å². The molecule has 0 unspecified atom stereocenters. The van der Waals surface area contributed by atoms with E-state index in [-0.39, 0.29) is 41.2 Å². The molecule has 1 aliphatic heterocycles. The number of amides is 2. The predicted molar refractivity (Wildman–Crippen MR) is 94.9 cm³/mol. The van der Waals surface area contributed by atoms with Gasteiger partial charge in [0.2, 0.25) is 5.09 Å². The summed E-state index contributed by atoms with van der Waals surface area (Å²) in [6.45, 7) is 1.13. The summed E-state index contributed by atoms with van der Waals surface area (Å²) in [6.07, 6.45) is 0. The molecule has 1 aromatic carbocycles. The Morgan fingerprint density at radius 2 is 1.59 bits per heavy atom. The average molecular weight is 393 g/mol. The van der Waals surface area contributed by atoms with Crippen LogP contribution < -0.4 is 4.72 Å². The molecule has 9 nitrogen and oxygen atoms in total. The lowest BCUT2D eigenvalue weighted by atomic mass is 10.1. The molecule has 144 valence electrons. The number of furan rings is 1. The zero-order valence-corrected chi connectivity index (χ0v) is 15.4. The molecule has 0 spiro atoms. The van der Waals surface area contributed by atoms with Gasteiger partial charge in [0.05, 0.1) is 5.56 Å². The van der Waals surface area contributed by atoms with E-state index in [9.17, 15) is 23.1 Å². The Kier molecular flexibility index (Phi) is 5.19. The van der Waals surface area contributed by atoms with Crippen LogP contribution in [0.4, 0.5) is 0 Å². The lowest BCUT2D eigenvalue weighted by Crippen LogP contribution is -2.50. The number of para-hydroxylation sites is 1. The minimum atomic E-state index is -3.76. The van der Waals surface area contributed by atoms with Gasteiger partial charge in [-0.25, -0.2) is 13.1 Å². The number of carbonyl (C=O) groups is 2. The molecule has 1 aromatic heterocycles. The van der Waals surface area contributed by atoms with Crippen LogP contribution in [0.5, 0.6) is 5.75 Å². The van der Waals surface area contributed by atoms with Crippen molar-refractivity contribution in [1.29, 1.82) is 0 Å². The maximum absolute atomic E-state index is 12.5. The maximum Gasteiger partial charge on any atom is 0.289 e. The second-order valence-electron chi connectivity index (χ2n) is 5.93. The van der Waals surface area contributed by atoms with Crippen molar-refractivity contribution in [2.24, 2.45) is 0 Å². The highest BCUT2D eigenvalue weighted by Gasteiger charge is 2.28. The number of phenols is 1. The molecule has 0 aliphatic carbocycles. The first kappa shape index (κ1) is 18.9. The monoisotopic (exact) mass is 393 g/mol. The number of hydrogen-bond acceptors (Lipinski definition) is 6. The van der Waals surface area contributed by atoms with Gasteiger partial charge in [-0.15, -0.1) is 0 Å². The lowest BCUT2D eigenvalue weighted by Gasteiger charge is -2.34. The van der Waals surface area contributed by atoms with Crippen LogP contribution in [0.3, 0.4) is 0 Å². The fourth-order valence-corrected chi connectivity index (χ4v) is 3.42. The number of nitrogens with zero attached hydrogens (tertiary/aromatic N) is 2. The molecular weight excluding hydrogens is 374 g/mol. The van der Waals surface area contributed by atoms with Gasteiger partial charge in [-0.05, 0) is 31.3 Å². The summed E-state index contributed by atoms with van der Waals surface area (Å²) >= 11 is 0. The molecule has 3 rings (SSSR count). The van der Waals surface area contributed by atoms with Crippen molar-refractivity contribution in [2.75, 3.05) is 33.2 Å². The van der Waals surface area contributed by atoms with E-state index in [1.54, 1.807) is 23.1 Å². The number of sulfonamides is 1. The molecule has 1 fully saturated rings. The lowest BCUT2D eigenvalue weighted by molar-refractivity contribution is 0.0513. The first-order chi connectivity index (χ1) is 12.8. The van der Waals surface area contributed by atoms with Gasteiger partial charge in [-0.3, -0.25) is 9.59 Å². The number of piperazine rings is 1. The van der Waals surface area contributed by atoms with Crippen molar-refractivity contribution >= 4 is 21.8 Å². The molecule has 2 heterocycles. The minimum Gasteiger partial charge on any atom is -0.507 e. The largest absolute Gasteiger partial charge is 0.507 e. The number of carbonyl (C=O) groups excluding carboxylic acids is 2. The van der Waals surface area contributed by atoms with Crippen LogP contribution >= 0.6 is 0 Å². The molecule has 0 saturated carbocycles. The van der Waals surface area contributed by atoms with E-state index in [2.05, 4.69) is 4.72 Å². The van der Waals surface area contributed by atoms with E-state index < -0.39 is 15.9 Å². The van der Waals surface area contributed by atoms with Gasteiger partial charge < -0.3 is 19.3 Å². The zero-order chi connectivity index (χ0) is 19.6. The summed E-state index contributed by atoms with van der Waals surface area (Å²) in [5.74, 6) is -0.915. The van der Waals surface area contributed by atoms with Gasteiger partial charge in [0.1, 0.15) is 5.75 Å². The highest BCUT2D eigenvalue weighted by atomic mass is 32.2. The molecule has 0 bridgehead atoms. The number of nitrogens with one attached hydrogen (secondary N) is 1. The van der Waals surface area contributed by atoms with Gasteiger partial charge >= 0.3 is 0 Å². The van der Waals surface area contributed by atoms with E-state index in [0.717, 1.165) is 0 Å². The SMILES string of the molecule is CNS(=O)(=O)c1ccc(C(=O)N2CCN(C(=O)c3ccccc3O)CC2)o1. The zero-order valence-electron chi connectivity index (χ0n) is 14.6. The maximum atomic E-state index is 12.5. The van der Waals surface area contributed by atoms with E-state index in [4.69, 9.17) is 4.42 Å². The van der Waals surface area contributed by atoms with Gasteiger partial charge in [0.15, 0.2) is 5.76 Å². The second kappa shape index (κ2) is 7.41. The van der Waals surface area contributed by atoms with E-state index in [0.29, 0.717) is 13.1 Å². The number of aromatic hydroxyl groups is 1. The summed E-state index contributed by atoms with van der Waals surface area (Å²) in [7, 11) is -2.51. The Hall–Kier alpha value is -2.85. The number of benzene rings is 1. The van der Waals surface area contributed by atoms with Crippen LogP contribution in [0.25, 0.3) is 0 Å². The van der Waals surface area contributed by atoms with Crippen molar-refractivity contribution in [3.05, 3.63) is 47.7 Å². The number of hydrogen-bond donors (Lipinski definition) is 2. The first-order valence-electron chi connectivity index (χ1n) is 8.23. The average Bonchev–Trinajstić information content (AvgIpc) is 3.18. The summed E-state index contributed by atoms with van der Waals surface area (Å²) in [5.41, 5.74) is 0.213. The summed E-state index contributed by atoms with van der Waals surface area (Å²) in [5, 5.41) is 9.48. The van der Waals surface area contributed by atoms with E-state index in [1.807, 2.05) is 0 Å². The highest BCUT2D eigenvalue weighted by molar-refractivity contribution is 7.89. The minimum absolute atomic E-state index is 0.0793. The molecule has 1 saturated heterocycles. The van der Waals surface area contributed by atoms with Crippen LogP contribution in [-0.2, 0) is 10.0 Å². The van der Waals surface area contributed by atoms with Gasteiger partial charge in [-0.1, -0.05) is 12.1 Å². The topological polar surface area (TPSA) is 120 Å². The summed E-state index contributed by atoms with van der Waals surface area (Å²) < 4.78 is 30.7. The fourth-order valence-electron chi connectivity index (χ4n) is 2.77. The Balaban J connectivity index is 1.65. The third-order valence-corrected chi connectivity index (χ3v) is 5.60. The predicted octanol–water partition coefficient (Wildman–Crippen LogP) is 0.491. The van der Waals surface area contributed by atoms with Crippen LogP contribution in [0.1, 0.15) is 20.9 Å². The van der Waals surface area contributed by atoms with E-state index in [1.165, 1.54) is 30.1 Å². The van der Waals surface area contributed by atoms with Crippen LogP contribution in [0.15, 0.2) is 45.9 Å². The van der Waals surface area contributed by atoms with Gasteiger partial charge in [0, 0.05) is 26.2 Å². The standard InChI is InChI=1S/C17H19N3O6S/c1-18-27(24,25)15-7-6-14(26-15)17(23)20-10-8-19(9-11-20)16(22)12-4-2-3-5-13(12)21/h2-7,18,21H,8-11H2,1H3. The second-order valence-corrected chi connectivity index (χ2v) is 7.75.